The van der Waals surface area contributed by atoms with Crippen LogP contribution in [0, 0.1) is 0 Å². The van der Waals surface area contributed by atoms with Crippen molar-refractivity contribution in [3.8, 4) is 0 Å². The second kappa shape index (κ2) is 7.59. The minimum atomic E-state index is -0.153. The van der Waals surface area contributed by atoms with Gasteiger partial charge < -0.3 is 10.6 Å². The lowest BCUT2D eigenvalue weighted by molar-refractivity contribution is 0.0952. The number of hydrogen-bond donors (Lipinski definition) is 2. The maximum atomic E-state index is 11.8. The quantitative estimate of drug-likeness (QED) is 0.768. The number of carbonyl (C=O) groups excluding carboxylic acids is 1. The molecule has 0 saturated heterocycles. The molecule has 106 valence electrons. The molecule has 1 heterocycles. The van der Waals surface area contributed by atoms with Gasteiger partial charge in [-0.2, -0.15) is 0 Å². The highest BCUT2D eigenvalue weighted by atomic mass is 32.1. The molecule has 2 N–H and O–H groups in total. The van der Waals surface area contributed by atoms with Gasteiger partial charge in [-0.1, -0.05) is 41.7 Å². The van der Waals surface area contributed by atoms with Crippen molar-refractivity contribution in [1.82, 2.24) is 15.5 Å². The van der Waals surface area contributed by atoms with Crippen molar-refractivity contribution >= 4 is 22.4 Å². The average Bonchev–Trinajstić information content (AvgIpc) is 2.94. The fraction of sp³-hybridized carbons (Fsp3) is 0.357. The lowest BCUT2D eigenvalue weighted by Gasteiger charge is -2.03. The molecule has 1 aromatic carbocycles. The highest BCUT2D eigenvalue weighted by Gasteiger charge is 2.11. The molecule has 1 aromatic heterocycles. The van der Waals surface area contributed by atoms with Crippen LogP contribution in [0.3, 0.4) is 0 Å². The summed E-state index contributed by atoms with van der Waals surface area (Å²) in [6.07, 6.45) is 1.87. The Kier molecular flexibility index (Phi) is 5.49. The first kappa shape index (κ1) is 14.5. The molecule has 1 amide bonds. The molecule has 2 rings (SSSR count). The van der Waals surface area contributed by atoms with Gasteiger partial charge >= 0.3 is 0 Å². The highest BCUT2D eigenvalue weighted by Crippen LogP contribution is 2.14. The van der Waals surface area contributed by atoms with Crippen molar-refractivity contribution in [2.75, 3.05) is 18.4 Å². The predicted octanol–water partition coefficient (Wildman–Crippen LogP) is 2.33. The van der Waals surface area contributed by atoms with Gasteiger partial charge in [0, 0.05) is 13.1 Å². The smallest absolute Gasteiger partial charge is 0.282 e. The van der Waals surface area contributed by atoms with Gasteiger partial charge in [0.25, 0.3) is 5.91 Å². The summed E-state index contributed by atoms with van der Waals surface area (Å²) in [5.41, 5.74) is 1.28. The molecule has 0 bridgehead atoms. The highest BCUT2D eigenvalue weighted by molar-refractivity contribution is 7.17. The molecular formula is C14H18N4OS. The van der Waals surface area contributed by atoms with Crippen molar-refractivity contribution in [1.29, 1.82) is 0 Å². The fourth-order valence-corrected chi connectivity index (χ4v) is 2.48. The van der Waals surface area contributed by atoms with E-state index in [-0.39, 0.29) is 5.91 Å². The number of aromatic nitrogens is 2. The van der Waals surface area contributed by atoms with Crippen molar-refractivity contribution < 1.29 is 4.79 Å². The van der Waals surface area contributed by atoms with Crippen molar-refractivity contribution in [2.45, 2.75) is 19.8 Å². The van der Waals surface area contributed by atoms with Crippen LogP contribution in [0.4, 0.5) is 5.13 Å². The Morgan fingerprint density at radius 2 is 2.05 bits per heavy atom. The van der Waals surface area contributed by atoms with Crippen LogP contribution in [0.15, 0.2) is 30.3 Å². The van der Waals surface area contributed by atoms with Crippen LogP contribution in [0.2, 0.25) is 0 Å². The van der Waals surface area contributed by atoms with Gasteiger partial charge in [0.05, 0.1) is 0 Å². The predicted molar refractivity (Wildman–Crippen MR) is 81.2 cm³/mol. The Morgan fingerprint density at radius 3 is 2.80 bits per heavy atom. The molecular weight excluding hydrogens is 272 g/mol. The number of aryl methyl sites for hydroxylation is 1. The first-order valence-corrected chi connectivity index (χ1v) is 7.50. The van der Waals surface area contributed by atoms with Gasteiger partial charge in [-0.25, -0.2) is 0 Å². The lowest BCUT2D eigenvalue weighted by atomic mass is 10.1. The number of nitrogens with zero attached hydrogens (tertiary/aromatic N) is 2. The van der Waals surface area contributed by atoms with Crippen molar-refractivity contribution in [3.05, 3.63) is 40.9 Å². The van der Waals surface area contributed by atoms with Gasteiger partial charge in [0.2, 0.25) is 10.1 Å². The van der Waals surface area contributed by atoms with Gasteiger partial charge in [0.1, 0.15) is 0 Å². The molecule has 0 saturated carbocycles. The molecule has 0 aliphatic rings. The number of amides is 1. The number of carbonyl (C=O) groups is 1. The SMILES string of the molecule is CCNc1nnc(C(=O)NCCCc2ccccc2)s1. The fourth-order valence-electron chi connectivity index (χ4n) is 1.75. The third kappa shape index (κ3) is 4.31. The number of rotatable bonds is 7. The van der Waals surface area contributed by atoms with Gasteiger partial charge in [0.15, 0.2) is 0 Å². The van der Waals surface area contributed by atoms with Gasteiger partial charge in [-0.3, -0.25) is 4.79 Å². The van der Waals surface area contributed by atoms with Crippen LogP contribution in [0.5, 0.6) is 0 Å². The van der Waals surface area contributed by atoms with Gasteiger partial charge in [-0.05, 0) is 25.3 Å². The summed E-state index contributed by atoms with van der Waals surface area (Å²) in [7, 11) is 0. The second-order valence-corrected chi connectivity index (χ2v) is 5.27. The number of anilines is 1. The van der Waals surface area contributed by atoms with E-state index in [1.165, 1.54) is 16.9 Å². The van der Waals surface area contributed by atoms with E-state index in [1.54, 1.807) is 0 Å². The lowest BCUT2D eigenvalue weighted by Crippen LogP contribution is -2.24. The van der Waals surface area contributed by atoms with E-state index >= 15 is 0 Å². The van der Waals surface area contributed by atoms with E-state index in [2.05, 4.69) is 33.0 Å². The summed E-state index contributed by atoms with van der Waals surface area (Å²) in [5.74, 6) is -0.153. The normalized spacial score (nSPS) is 10.2. The van der Waals surface area contributed by atoms with E-state index in [9.17, 15) is 4.79 Å². The molecule has 20 heavy (non-hydrogen) atoms. The molecule has 2 aromatic rings. The first-order chi connectivity index (χ1) is 9.79. The Labute approximate surface area is 122 Å². The summed E-state index contributed by atoms with van der Waals surface area (Å²) in [6, 6.07) is 10.2. The molecule has 0 atom stereocenters. The largest absolute Gasteiger partial charge is 0.360 e. The molecule has 0 aliphatic heterocycles. The maximum Gasteiger partial charge on any atom is 0.282 e. The van der Waals surface area contributed by atoms with E-state index in [0.717, 1.165) is 19.4 Å². The minimum absolute atomic E-state index is 0.153. The Morgan fingerprint density at radius 1 is 1.25 bits per heavy atom. The van der Waals surface area contributed by atoms with Crippen molar-refractivity contribution in [3.63, 3.8) is 0 Å². The minimum Gasteiger partial charge on any atom is -0.360 e. The summed E-state index contributed by atoms with van der Waals surface area (Å²) in [4.78, 5) is 11.8. The summed E-state index contributed by atoms with van der Waals surface area (Å²) < 4.78 is 0. The van der Waals surface area contributed by atoms with Crippen molar-refractivity contribution in [2.24, 2.45) is 0 Å². The zero-order valence-electron chi connectivity index (χ0n) is 11.4. The van der Waals surface area contributed by atoms with Crippen LogP contribution in [0.25, 0.3) is 0 Å². The standard InChI is InChI=1S/C14H18N4OS/c1-2-15-14-18-17-13(20-14)12(19)16-10-6-9-11-7-4-3-5-8-11/h3-5,7-8H,2,6,9-10H2,1H3,(H,15,18)(H,16,19). The van der Waals surface area contributed by atoms with E-state index in [4.69, 9.17) is 0 Å². The van der Waals surface area contributed by atoms with Crippen LogP contribution < -0.4 is 10.6 Å². The summed E-state index contributed by atoms with van der Waals surface area (Å²) in [5, 5.41) is 14.8. The van der Waals surface area contributed by atoms with Crippen LogP contribution >= 0.6 is 11.3 Å². The van der Waals surface area contributed by atoms with Crippen LogP contribution in [-0.2, 0) is 6.42 Å². The molecule has 6 heteroatoms. The monoisotopic (exact) mass is 290 g/mol. The molecule has 0 radical (unpaired) electrons. The summed E-state index contributed by atoms with van der Waals surface area (Å²) in [6.45, 7) is 3.39. The van der Waals surface area contributed by atoms with E-state index in [1.807, 2.05) is 25.1 Å². The molecule has 0 spiro atoms. The zero-order valence-corrected chi connectivity index (χ0v) is 12.2. The number of nitrogens with one attached hydrogen (secondary N) is 2. The Hall–Kier alpha value is -1.95. The first-order valence-electron chi connectivity index (χ1n) is 6.69. The third-order valence-electron chi connectivity index (χ3n) is 2.72. The Bertz CT molecular complexity index is 541. The number of hydrogen-bond acceptors (Lipinski definition) is 5. The molecule has 0 aliphatic carbocycles. The zero-order chi connectivity index (χ0) is 14.2. The Balaban J connectivity index is 1.72. The van der Waals surface area contributed by atoms with Gasteiger partial charge in [-0.15, -0.1) is 10.2 Å². The second-order valence-electron chi connectivity index (χ2n) is 4.29. The van der Waals surface area contributed by atoms with E-state index < -0.39 is 0 Å². The van der Waals surface area contributed by atoms with Crippen LogP contribution in [-0.4, -0.2) is 29.2 Å². The average molecular weight is 290 g/mol. The maximum absolute atomic E-state index is 11.8. The molecule has 0 unspecified atom stereocenters. The summed E-state index contributed by atoms with van der Waals surface area (Å²) >= 11 is 1.27. The third-order valence-corrected chi connectivity index (χ3v) is 3.60. The van der Waals surface area contributed by atoms with E-state index in [0.29, 0.717) is 16.7 Å². The van der Waals surface area contributed by atoms with Crippen LogP contribution in [0.1, 0.15) is 28.7 Å². The molecule has 0 fully saturated rings. The number of benzene rings is 1. The molecule has 5 nitrogen and oxygen atoms in total. The topological polar surface area (TPSA) is 66.9 Å².